The highest BCUT2D eigenvalue weighted by molar-refractivity contribution is 5.48. The zero-order chi connectivity index (χ0) is 9.26. The standard InChI is InChI=1S/C9H10O4/c10-3-6-1-8-9(13-5-12-8)2-7(6)4-11/h1-2,10-11H,3-5H2. The Morgan fingerprint density at radius 1 is 1.00 bits per heavy atom. The number of rotatable bonds is 2. The summed E-state index contributed by atoms with van der Waals surface area (Å²) >= 11 is 0. The molecule has 0 fully saturated rings. The highest BCUT2D eigenvalue weighted by atomic mass is 16.7. The molecule has 70 valence electrons. The Kier molecular flexibility index (Phi) is 2.08. The molecule has 1 heterocycles. The zero-order valence-corrected chi connectivity index (χ0v) is 6.99. The molecule has 0 radical (unpaired) electrons. The maximum Gasteiger partial charge on any atom is 0.231 e. The first-order valence-corrected chi connectivity index (χ1v) is 3.98. The van der Waals surface area contributed by atoms with Crippen molar-refractivity contribution in [3.8, 4) is 11.5 Å². The van der Waals surface area contributed by atoms with Crippen LogP contribution >= 0.6 is 0 Å². The van der Waals surface area contributed by atoms with E-state index in [1.54, 1.807) is 12.1 Å². The first-order valence-electron chi connectivity index (χ1n) is 3.98. The largest absolute Gasteiger partial charge is 0.454 e. The van der Waals surface area contributed by atoms with Crippen molar-refractivity contribution in [2.45, 2.75) is 13.2 Å². The Morgan fingerprint density at radius 3 is 1.85 bits per heavy atom. The third-order valence-corrected chi connectivity index (χ3v) is 2.04. The maximum atomic E-state index is 8.97. The lowest BCUT2D eigenvalue weighted by atomic mass is 10.1. The second-order valence-electron chi connectivity index (χ2n) is 2.79. The molecule has 4 nitrogen and oxygen atoms in total. The van der Waals surface area contributed by atoms with E-state index in [0.29, 0.717) is 22.6 Å². The van der Waals surface area contributed by atoms with Gasteiger partial charge in [-0.05, 0) is 23.3 Å². The molecule has 13 heavy (non-hydrogen) atoms. The van der Waals surface area contributed by atoms with Crippen LogP contribution in [0, 0.1) is 0 Å². The van der Waals surface area contributed by atoms with Crippen LogP contribution in [0.15, 0.2) is 12.1 Å². The van der Waals surface area contributed by atoms with Gasteiger partial charge < -0.3 is 19.7 Å². The Bertz CT molecular complexity index is 291. The Balaban J connectivity index is 2.47. The predicted octanol–water partition coefficient (Wildman–Crippen LogP) is 0.400. The molecule has 0 atom stereocenters. The van der Waals surface area contributed by atoms with E-state index >= 15 is 0 Å². The van der Waals surface area contributed by atoms with Gasteiger partial charge in [0.05, 0.1) is 13.2 Å². The molecule has 1 aromatic rings. The maximum absolute atomic E-state index is 8.97. The molecule has 0 saturated carbocycles. The van der Waals surface area contributed by atoms with E-state index < -0.39 is 0 Å². The van der Waals surface area contributed by atoms with Crippen LogP contribution in [0.5, 0.6) is 11.5 Å². The van der Waals surface area contributed by atoms with Crippen molar-refractivity contribution < 1.29 is 19.7 Å². The topological polar surface area (TPSA) is 58.9 Å². The van der Waals surface area contributed by atoms with Gasteiger partial charge in [-0.1, -0.05) is 0 Å². The van der Waals surface area contributed by atoms with Gasteiger partial charge in [0, 0.05) is 0 Å². The van der Waals surface area contributed by atoms with Crippen LogP contribution in [0.2, 0.25) is 0 Å². The summed E-state index contributed by atoms with van der Waals surface area (Å²) in [6, 6.07) is 3.38. The van der Waals surface area contributed by atoms with E-state index in [0.717, 1.165) is 0 Å². The first kappa shape index (κ1) is 8.34. The Labute approximate surface area is 75.3 Å². The fraction of sp³-hybridized carbons (Fsp3) is 0.333. The average Bonchev–Trinajstić information content (AvgIpc) is 2.62. The number of aliphatic hydroxyl groups is 2. The number of fused-ring (bicyclic) bond motifs is 1. The fourth-order valence-electron chi connectivity index (χ4n) is 1.32. The van der Waals surface area contributed by atoms with Crippen molar-refractivity contribution in [2.24, 2.45) is 0 Å². The normalized spacial score (nSPS) is 13.4. The van der Waals surface area contributed by atoms with Crippen molar-refractivity contribution >= 4 is 0 Å². The van der Waals surface area contributed by atoms with E-state index in [1.165, 1.54) is 0 Å². The Hall–Kier alpha value is -1.26. The molecule has 0 bridgehead atoms. The van der Waals surface area contributed by atoms with E-state index in [2.05, 4.69) is 0 Å². The summed E-state index contributed by atoms with van der Waals surface area (Å²) in [6.07, 6.45) is 0. The van der Waals surface area contributed by atoms with Crippen LogP contribution in [-0.4, -0.2) is 17.0 Å². The molecular formula is C9H10O4. The van der Waals surface area contributed by atoms with E-state index in [9.17, 15) is 0 Å². The number of aliphatic hydroxyl groups excluding tert-OH is 2. The minimum atomic E-state index is -0.105. The molecule has 0 aromatic heterocycles. The quantitative estimate of drug-likeness (QED) is 0.695. The van der Waals surface area contributed by atoms with E-state index in [4.69, 9.17) is 19.7 Å². The summed E-state index contributed by atoms with van der Waals surface area (Å²) in [5, 5.41) is 17.9. The molecule has 0 unspecified atom stereocenters. The highest BCUT2D eigenvalue weighted by Crippen LogP contribution is 2.34. The molecule has 0 amide bonds. The molecule has 1 aromatic carbocycles. The van der Waals surface area contributed by atoms with E-state index in [1.807, 2.05) is 0 Å². The summed E-state index contributed by atoms with van der Waals surface area (Å²) < 4.78 is 10.3. The first-order chi connectivity index (χ1) is 6.35. The number of hydrogen-bond acceptors (Lipinski definition) is 4. The molecular weight excluding hydrogens is 172 g/mol. The molecule has 0 spiro atoms. The molecule has 0 saturated heterocycles. The van der Waals surface area contributed by atoms with Crippen molar-refractivity contribution in [1.82, 2.24) is 0 Å². The lowest BCUT2D eigenvalue weighted by Crippen LogP contribution is -1.93. The van der Waals surface area contributed by atoms with Crippen LogP contribution in [0.25, 0.3) is 0 Å². The van der Waals surface area contributed by atoms with Gasteiger partial charge in [0.25, 0.3) is 0 Å². The fourth-order valence-corrected chi connectivity index (χ4v) is 1.32. The zero-order valence-electron chi connectivity index (χ0n) is 6.99. The molecule has 1 aliphatic heterocycles. The SMILES string of the molecule is OCc1cc2c(cc1CO)OCO2. The smallest absolute Gasteiger partial charge is 0.231 e. The number of hydrogen-bond donors (Lipinski definition) is 2. The van der Waals surface area contributed by atoms with Crippen LogP contribution < -0.4 is 9.47 Å². The van der Waals surface area contributed by atoms with Crippen LogP contribution in [-0.2, 0) is 13.2 Å². The highest BCUT2D eigenvalue weighted by Gasteiger charge is 2.16. The molecule has 0 aliphatic carbocycles. The number of ether oxygens (including phenoxy) is 2. The van der Waals surface area contributed by atoms with Gasteiger partial charge in [0.1, 0.15) is 0 Å². The number of benzene rings is 1. The van der Waals surface area contributed by atoms with Gasteiger partial charge in [0.2, 0.25) is 6.79 Å². The lowest BCUT2D eigenvalue weighted by molar-refractivity contribution is 0.173. The summed E-state index contributed by atoms with van der Waals surface area (Å²) in [4.78, 5) is 0. The molecule has 1 aliphatic rings. The minimum Gasteiger partial charge on any atom is -0.454 e. The van der Waals surface area contributed by atoms with Gasteiger partial charge >= 0.3 is 0 Å². The van der Waals surface area contributed by atoms with Crippen molar-refractivity contribution in [3.63, 3.8) is 0 Å². The lowest BCUT2D eigenvalue weighted by Gasteiger charge is -2.05. The summed E-state index contributed by atoms with van der Waals surface area (Å²) in [5.41, 5.74) is 1.35. The van der Waals surface area contributed by atoms with Crippen molar-refractivity contribution in [3.05, 3.63) is 23.3 Å². The summed E-state index contributed by atoms with van der Waals surface area (Å²) in [7, 11) is 0. The Morgan fingerprint density at radius 2 is 1.46 bits per heavy atom. The monoisotopic (exact) mass is 182 g/mol. The molecule has 4 heteroatoms. The van der Waals surface area contributed by atoms with Crippen molar-refractivity contribution in [1.29, 1.82) is 0 Å². The van der Waals surface area contributed by atoms with E-state index in [-0.39, 0.29) is 20.0 Å². The summed E-state index contributed by atoms with van der Waals surface area (Å²) in [5.74, 6) is 1.25. The molecule has 2 N–H and O–H groups in total. The van der Waals surface area contributed by atoms with Gasteiger partial charge in [0.15, 0.2) is 11.5 Å². The predicted molar refractivity (Wildman–Crippen MR) is 44.4 cm³/mol. The average molecular weight is 182 g/mol. The van der Waals surface area contributed by atoms with Crippen LogP contribution in [0.3, 0.4) is 0 Å². The van der Waals surface area contributed by atoms with Gasteiger partial charge in [-0.3, -0.25) is 0 Å². The second kappa shape index (κ2) is 3.24. The van der Waals surface area contributed by atoms with Crippen molar-refractivity contribution in [2.75, 3.05) is 6.79 Å². The van der Waals surface area contributed by atoms with Gasteiger partial charge in [-0.2, -0.15) is 0 Å². The van der Waals surface area contributed by atoms with Gasteiger partial charge in [-0.15, -0.1) is 0 Å². The minimum absolute atomic E-state index is 0.105. The second-order valence-corrected chi connectivity index (χ2v) is 2.79. The molecule has 2 rings (SSSR count). The van der Waals surface area contributed by atoms with Crippen LogP contribution in [0.4, 0.5) is 0 Å². The third-order valence-electron chi connectivity index (χ3n) is 2.04. The third kappa shape index (κ3) is 1.34. The van der Waals surface area contributed by atoms with Gasteiger partial charge in [-0.25, -0.2) is 0 Å². The van der Waals surface area contributed by atoms with Crippen LogP contribution in [0.1, 0.15) is 11.1 Å². The summed E-state index contributed by atoms with van der Waals surface area (Å²) in [6.45, 7) is -0.00580.